The van der Waals surface area contributed by atoms with E-state index in [9.17, 15) is 9.59 Å². The number of hydrazone groups is 1. The third kappa shape index (κ3) is 4.55. The van der Waals surface area contributed by atoms with Gasteiger partial charge in [-0.2, -0.15) is 5.10 Å². The number of ether oxygens (including phenoxy) is 1. The van der Waals surface area contributed by atoms with Crippen LogP contribution in [0.15, 0.2) is 53.6 Å². The molecule has 0 radical (unpaired) electrons. The van der Waals surface area contributed by atoms with E-state index in [0.717, 1.165) is 0 Å². The summed E-state index contributed by atoms with van der Waals surface area (Å²) in [7, 11) is 1.53. The molecule has 2 aromatic rings. The van der Waals surface area contributed by atoms with Gasteiger partial charge in [0.1, 0.15) is 5.75 Å². The van der Waals surface area contributed by atoms with E-state index < -0.39 is 11.8 Å². The van der Waals surface area contributed by atoms with E-state index in [-0.39, 0.29) is 0 Å². The maximum atomic E-state index is 11.7. The van der Waals surface area contributed by atoms with Gasteiger partial charge in [0.25, 0.3) is 0 Å². The molecular weight excluding hydrogens is 318 g/mol. The van der Waals surface area contributed by atoms with Crippen molar-refractivity contribution in [3.63, 3.8) is 0 Å². The van der Waals surface area contributed by atoms with Gasteiger partial charge in [0.15, 0.2) is 0 Å². The third-order valence-electron chi connectivity index (χ3n) is 2.84. The van der Waals surface area contributed by atoms with Crippen molar-refractivity contribution in [2.45, 2.75) is 0 Å². The van der Waals surface area contributed by atoms with Crippen molar-refractivity contribution in [3.8, 4) is 5.75 Å². The second kappa shape index (κ2) is 7.95. The number of methoxy groups -OCH3 is 1. The fourth-order valence-electron chi connectivity index (χ4n) is 1.73. The summed E-state index contributed by atoms with van der Waals surface area (Å²) < 4.78 is 5.14. The van der Waals surface area contributed by atoms with Crippen molar-refractivity contribution in [1.29, 1.82) is 0 Å². The average Bonchev–Trinajstić information content (AvgIpc) is 2.57. The minimum atomic E-state index is -0.906. The van der Waals surface area contributed by atoms with Crippen LogP contribution in [0, 0.1) is 0 Å². The molecule has 0 atom stereocenters. The monoisotopic (exact) mass is 331 g/mol. The van der Waals surface area contributed by atoms with Crippen LogP contribution in [0.3, 0.4) is 0 Å². The highest BCUT2D eigenvalue weighted by Crippen LogP contribution is 2.20. The Morgan fingerprint density at radius 2 is 1.78 bits per heavy atom. The van der Waals surface area contributed by atoms with E-state index in [1.807, 2.05) is 6.07 Å². The molecule has 2 rings (SSSR count). The number of benzene rings is 2. The molecule has 0 aliphatic heterocycles. The number of carbonyl (C=O) groups excluding carboxylic acids is 2. The molecule has 2 N–H and O–H groups in total. The van der Waals surface area contributed by atoms with E-state index in [4.69, 9.17) is 16.3 Å². The molecule has 2 aromatic carbocycles. The van der Waals surface area contributed by atoms with Crippen molar-refractivity contribution < 1.29 is 14.3 Å². The van der Waals surface area contributed by atoms with Crippen LogP contribution in [-0.2, 0) is 9.59 Å². The Bertz CT molecular complexity index is 747. The Morgan fingerprint density at radius 3 is 2.52 bits per heavy atom. The molecule has 0 aliphatic carbocycles. The minimum absolute atomic E-state index is 0.339. The second-order valence-electron chi connectivity index (χ2n) is 4.38. The lowest BCUT2D eigenvalue weighted by Crippen LogP contribution is -2.32. The van der Waals surface area contributed by atoms with Crippen LogP contribution in [0.25, 0.3) is 0 Å². The Balaban J connectivity index is 1.95. The number of carbonyl (C=O) groups is 2. The van der Waals surface area contributed by atoms with E-state index in [1.54, 1.807) is 42.5 Å². The van der Waals surface area contributed by atoms with Gasteiger partial charge in [-0.3, -0.25) is 9.59 Å². The normalized spacial score (nSPS) is 10.3. The van der Waals surface area contributed by atoms with Gasteiger partial charge in [-0.05, 0) is 24.3 Å². The molecule has 0 spiro atoms. The lowest BCUT2D eigenvalue weighted by molar-refractivity contribution is -0.136. The predicted octanol–water partition coefficient (Wildman–Crippen LogP) is 2.44. The molecule has 0 saturated heterocycles. The molecule has 0 bridgehead atoms. The van der Waals surface area contributed by atoms with Crippen molar-refractivity contribution >= 4 is 35.3 Å². The van der Waals surface area contributed by atoms with Crippen molar-refractivity contribution in [2.75, 3.05) is 12.4 Å². The van der Waals surface area contributed by atoms with Gasteiger partial charge in [-0.25, -0.2) is 5.43 Å². The first-order valence-corrected chi connectivity index (χ1v) is 7.01. The predicted molar refractivity (Wildman–Crippen MR) is 88.8 cm³/mol. The number of nitrogens with one attached hydrogen (secondary N) is 2. The molecule has 0 heterocycles. The summed E-state index contributed by atoms with van der Waals surface area (Å²) in [6.07, 6.45) is 1.39. The number of hydrogen-bond acceptors (Lipinski definition) is 4. The summed E-state index contributed by atoms with van der Waals surface area (Å²) in [5.41, 5.74) is 3.16. The van der Waals surface area contributed by atoms with Crippen LogP contribution in [0.5, 0.6) is 5.75 Å². The highest BCUT2D eigenvalue weighted by atomic mass is 35.5. The lowest BCUT2D eigenvalue weighted by Gasteiger charge is -2.05. The van der Waals surface area contributed by atoms with Gasteiger partial charge in [0.05, 0.1) is 24.0 Å². The standard InChI is InChI=1S/C16H14ClN3O3/c1-23-14-9-5-2-6-11(14)10-18-20-16(22)15(21)19-13-8-4-3-7-12(13)17/h2-10H,1H3,(H,19,21)(H,20,22). The van der Waals surface area contributed by atoms with Crippen molar-refractivity contribution in [1.82, 2.24) is 5.43 Å². The summed E-state index contributed by atoms with van der Waals surface area (Å²) in [5, 5.41) is 6.48. The highest BCUT2D eigenvalue weighted by Gasteiger charge is 2.14. The fourth-order valence-corrected chi connectivity index (χ4v) is 1.91. The van der Waals surface area contributed by atoms with E-state index >= 15 is 0 Å². The second-order valence-corrected chi connectivity index (χ2v) is 4.78. The average molecular weight is 332 g/mol. The van der Waals surface area contributed by atoms with Gasteiger partial charge in [0, 0.05) is 5.56 Å². The van der Waals surface area contributed by atoms with Gasteiger partial charge >= 0.3 is 11.8 Å². The maximum Gasteiger partial charge on any atom is 0.329 e. The number of halogens is 1. The molecule has 2 amide bonds. The molecule has 118 valence electrons. The molecule has 6 nitrogen and oxygen atoms in total. The molecular formula is C16H14ClN3O3. The molecule has 0 aromatic heterocycles. The Labute approximate surface area is 138 Å². The van der Waals surface area contributed by atoms with Gasteiger partial charge in [-0.1, -0.05) is 35.9 Å². The number of amides is 2. The van der Waals surface area contributed by atoms with Crippen LogP contribution >= 0.6 is 11.6 Å². The first kappa shape index (κ1) is 16.5. The van der Waals surface area contributed by atoms with Crippen LogP contribution in [0.1, 0.15) is 5.56 Å². The zero-order valence-electron chi connectivity index (χ0n) is 12.2. The smallest absolute Gasteiger partial charge is 0.329 e. The van der Waals surface area contributed by atoms with E-state index in [2.05, 4.69) is 15.8 Å². The molecule has 7 heteroatoms. The number of hydrogen-bond donors (Lipinski definition) is 2. The fraction of sp³-hybridized carbons (Fsp3) is 0.0625. The third-order valence-corrected chi connectivity index (χ3v) is 3.17. The Kier molecular flexibility index (Phi) is 5.71. The largest absolute Gasteiger partial charge is 0.496 e. The quantitative estimate of drug-likeness (QED) is 0.513. The van der Waals surface area contributed by atoms with Crippen molar-refractivity contribution in [2.24, 2.45) is 5.10 Å². The first-order chi connectivity index (χ1) is 11.1. The number of rotatable bonds is 4. The minimum Gasteiger partial charge on any atom is -0.496 e. The van der Waals surface area contributed by atoms with Crippen LogP contribution in [0.2, 0.25) is 5.02 Å². The van der Waals surface area contributed by atoms with Gasteiger partial charge < -0.3 is 10.1 Å². The summed E-state index contributed by atoms with van der Waals surface area (Å²) in [6, 6.07) is 13.7. The summed E-state index contributed by atoms with van der Waals surface area (Å²) in [4.78, 5) is 23.4. The molecule has 0 saturated carbocycles. The number of anilines is 1. The molecule has 0 aliphatic rings. The zero-order chi connectivity index (χ0) is 16.7. The summed E-state index contributed by atoms with van der Waals surface area (Å²) in [5.74, 6) is -1.17. The highest BCUT2D eigenvalue weighted by molar-refractivity contribution is 6.41. The van der Waals surface area contributed by atoms with Gasteiger partial charge in [-0.15, -0.1) is 0 Å². The van der Waals surface area contributed by atoms with E-state index in [0.29, 0.717) is 22.0 Å². The number of para-hydroxylation sites is 2. The zero-order valence-corrected chi connectivity index (χ0v) is 13.0. The van der Waals surface area contributed by atoms with Crippen molar-refractivity contribution in [3.05, 3.63) is 59.1 Å². The van der Waals surface area contributed by atoms with Crippen LogP contribution < -0.4 is 15.5 Å². The summed E-state index contributed by atoms with van der Waals surface area (Å²) in [6.45, 7) is 0. The molecule has 0 fully saturated rings. The molecule has 0 unspecified atom stereocenters. The maximum absolute atomic E-state index is 11.7. The van der Waals surface area contributed by atoms with Crippen LogP contribution in [0.4, 0.5) is 5.69 Å². The SMILES string of the molecule is COc1ccccc1C=NNC(=O)C(=O)Nc1ccccc1Cl. The Morgan fingerprint density at radius 1 is 1.09 bits per heavy atom. The van der Waals surface area contributed by atoms with Crippen LogP contribution in [-0.4, -0.2) is 25.1 Å². The topological polar surface area (TPSA) is 79.8 Å². The molecule has 23 heavy (non-hydrogen) atoms. The summed E-state index contributed by atoms with van der Waals surface area (Å²) >= 11 is 5.90. The lowest BCUT2D eigenvalue weighted by atomic mass is 10.2. The Hall–Kier alpha value is -2.86. The van der Waals surface area contributed by atoms with Gasteiger partial charge in [0.2, 0.25) is 0 Å². The van der Waals surface area contributed by atoms with E-state index in [1.165, 1.54) is 13.3 Å². The first-order valence-electron chi connectivity index (χ1n) is 6.63. The number of nitrogens with zero attached hydrogens (tertiary/aromatic N) is 1.